The summed E-state index contributed by atoms with van der Waals surface area (Å²) in [4.78, 5) is 28.4. The summed E-state index contributed by atoms with van der Waals surface area (Å²) in [5.41, 5.74) is 5.95. The number of amides is 1. The molecule has 0 bridgehead atoms. The van der Waals surface area contributed by atoms with Crippen molar-refractivity contribution < 1.29 is 9.59 Å². The van der Waals surface area contributed by atoms with Gasteiger partial charge >= 0.3 is 0 Å². The number of fused-ring (bicyclic) bond motifs is 1. The van der Waals surface area contributed by atoms with Crippen LogP contribution in [0.4, 0.5) is 0 Å². The van der Waals surface area contributed by atoms with Gasteiger partial charge in [0.1, 0.15) is 0 Å². The van der Waals surface area contributed by atoms with Crippen LogP contribution in [0, 0.1) is 29.6 Å². The Morgan fingerprint density at radius 3 is 2.37 bits per heavy atom. The van der Waals surface area contributed by atoms with Crippen LogP contribution in [0.25, 0.3) is 0 Å². The van der Waals surface area contributed by atoms with Crippen LogP contribution in [0.2, 0.25) is 13.1 Å². The molecule has 0 radical (unpaired) electrons. The molecule has 3 N–H and O–H groups in total. The largest absolute Gasteiger partial charge is 0.431 e. The van der Waals surface area contributed by atoms with Gasteiger partial charge in [0.15, 0.2) is 8.32 Å². The van der Waals surface area contributed by atoms with E-state index in [0.717, 1.165) is 69.4 Å². The molecular formula is C24H45N3O2Si. The molecule has 4 aliphatic rings. The first-order valence-electron chi connectivity index (χ1n) is 12.8. The van der Waals surface area contributed by atoms with Crippen LogP contribution in [-0.4, -0.2) is 67.2 Å². The fourth-order valence-corrected chi connectivity index (χ4v) is 8.66. The van der Waals surface area contributed by atoms with Gasteiger partial charge in [0, 0.05) is 31.2 Å². The highest BCUT2D eigenvalue weighted by Crippen LogP contribution is 2.41. The number of hydrogen-bond acceptors (Lipinski definition) is 4. The van der Waals surface area contributed by atoms with Crippen molar-refractivity contribution in [2.24, 2.45) is 35.3 Å². The van der Waals surface area contributed by atoms with Gasteiger partial charge in [-0.15, -0.1) is 0 Å². The molecule has 6 heteroatoms. The van der Waals surface area contributed by atoms with Gasteiger partial charge < -0.3 is 20.3 Å². The predicted molar refractivity (Wildman–Crippen MR) is 124 cm³/mol. The third-order valence-corrected chi connectivity index (χ3v) is 9.99. The van der Waals surface area contributed by atoms with E-state index in [-0.39, 0.29) is 5.92 Å². The molecule has 5 unspecified atom stereocenters. The van der Waals surface area contributed by atoms with Crippen LogP contribution in [0.3, 0.4) is 0 Å². The van der Waals surface area contributed by atoms with Gasteiger partial charge in [-0.05, 0) is 101 Å². The topological polar surface area (TPSA) is 69.8 Å². The zero-order valence-electron chi connectivity index (χ0n) is 19.4. The molecule has 30 heavy (non-hydrogen) atoms. The minimum Gasteiger partial charge on any atom is -0.431 e. The minimum absolute atomic E-state index is 0.249. The first kappa shape index (κ1) is 22.7. The lowest BCUT2D eigenvalue weighted by Gasteiger charge is -2.42. The smallest absolute Gasteiger partial charge is 0.225 e. The van der Waals surface area contributed by atoms with Crippen LogP contribution >= 0.6 is 0 Å². The van der Waals surface area contributed by atoms with Gasteiger partial charge in [-0.25, -0.2) is 0 Å². The lowest BCUT2D eigenvalue weighted by molar-refractivity contribution is -0.139. The second-order valence-corrected chi connectivity index (χ2v) is 15.5. The molecule has 172 valence electrons. The van der Waals surface area contributed by atoms with Crippen LogP contribution < -0.4 is 5.73 Å². The number of likely N-dealkylation sites (tertiary alicyclic amines) is 2. The highest BCUT2D eigenvalue weighted by molar-refractivity contribution is 6.69. The maximum Gasteiger partial charge on any atom is 0.225 e. The summed E-state index contributed by atoms with van der Waals surface area (Å²) in [7, 11) is -2.05. The number of piperidine rings is 1. The SMILES string of the molecule is C[Si](C)(O)CN1CCC2CC(C(=O)N3CCC(C4CCCC(CN)C4)CC3)CCC21. The van der Waals surface area contributed by atoms with Crippen molar-refractivity contribution in [2.45, 2.75) is 83.3 Å². The standard InChI is InChI=1S/C24H45N3O2Si/c1-30(2,29)17-27-13-10-21-15-22(6-7-23(21)27)24(28)26-11-8-19(9-12-26)20-5-3-4-18(14-20)16-25/h18-23,29H,3-17,25H2,1-2H3. The van der Waals surface area contributed by atoms with Crippen molar-refractivity contribution in [3.05, 3.63) is 0 Å². The molecule has 2 aliphatic carbocycles. The Balaban J connectivity index is 1.25. The van der Waals surface area contributed by atoms with Gasteiger partial charge in [0.2, 0.25) is 5.91 Å². The summed E-state index contributed by atoms with van der Waals surface area (Å²) in [6.45, 7) is 8.02. The third kappa shape index (κ3) is 5.30. The predicted octanol–water partition coefficient (Wildman–Crippen LogP) is 3.22. The van der Waals surface area contributed by atoms with E-state index in [4.69, 9.17) is 5.73 Å². The lowest BCUT2D eigenvalue weighted by atomic mass is 9.72. The van der Waals surface area contributed by atoms with Crippen LogP contribution in [0.15, 0.2) is 0 Å². The Morgan fingerprint density at radius 1 is 0.933 bits per heavy atom. The van der Waals surface area contributed by atoms with Crippen molar-refractivity contribution in [3.63, 3.8) is 0 Å². The van der Waals surface area contributed by atoms with Crippen molar-refractivity contribution in [1.29, 1.82) is 0 Å². The highest BCUT2D eigenvalue weighted by Gasteiger charge is 2.43. The van der Waals surface area contributed by atoms with Crippen molar-refractivity contribution in [2.75, 3.05) is 32.3 Å². The zero-order chi connectivity index (χ0) is 21.3. The Bertz CT molecular complexity index is 587. The molecule has 2 saturated carbocycles. The van der Waals surface area contributed by atoms with E-state index in [2.05, 4.69) is 9.80 Å². The van der Waals surface area contributed by atoms with Gasteiger partial charge in [-0.1, -0.05) is 12.8 Å². The molecule has 5 atom stereocenters. The summed E-state index contributed by atoms with van der Waals surface area (Å²) in [5, 5.41) is 0. The average molecular weight is 436 g/mol. The van der Waals surface area contributed by atoms with E-state index in [1.54, 1.807) is 0 Å². The second-order valence-electron chi connectivity index (χ2n) is 11.6. The van der Waals surface area contributed by atoms with Gasteiger partial charge in [-0.2, -0.15) is 0 Å². The van der Waals surface area contributed by atoms with E-state index in [1.807, 2.05) is 13.1 Å². The minimum atomic E-state index is -2.05. The second kappa shape index (κ2) is 9.59. The monoisotopic (exact) mass is 435 g/mol. The van der Waals surface area contributed by atoms with Gasteiger partial charge in [0.25, 0.3) is 0 Å². The van der Waals surface area contributed by atoms with Gasteiger partial charge in [-0.3, -0.25) is 4.79 Å². The number of carbonyl (C=O) groups excluding carboxylic acids is 1. The third-order valence-electron chi connectivity index (χ3n) is 8.81. The van der Waals surface area contributed by atoms with Crippen LogP contribution in [-0.2, 0) is 4.79 Å². The van der Waals surface area contributed by atoms with Gasteiger partial charge in [0.05, 0.1) is 0 Å². The van der Waals surface area contributed by atoms with E-state index in [9.17, 15) is 9.59 Å². The summed E-state index contributed by atoms with van der Waals surface area (Å²) < 4.78 is 0. The quantitative estimate of drug-likeness (QED) is 0.651. The Kier molecular flexibility index (Phi) is 7.28. The van der Waals surface area contributed by atoms with Crippen molar-refractivity contribution in [3.8, 4) is 0 Å². The van der Waals surface area contributed by atoms with Crippen LogP contribution in [0.1, 0.15) is 64.2 Å². The van der Waals surface area contributed by atoms with E-state index in [0.29, 0.717) is 17.9 Å². The number of carbonyl (C=O) groups is 1. The van der Waals surface area contributed by atoms with E-state index in [1.165, 1.54) is 44.9 Å². The molecule has 2 aliphatic heterocycles. The lowest BCUT2D eigenvalue weighted by Crippen LogP contribution is -2.49. The summed E-state index contributed by atoms with van der Waals surface area (Å²) in [6, 6.07) is 0.612. The van der Waals surface area contributed by atoms with Crippen LogP contribution in [0.5, 0.6) is 0 Å². The molecular weight excluding hydrogens is 390 g/mol. The number of hydrogen-bond donors (Lipinski definition) is 2. The fraction of sp³-hybridized carbons (Fsp3) is 0.958. The molecule has 4 rings (SSSR count). The molecule has 0 aromatic carbocycles. The fourth-order valence-electron chi connectivity index (χ4n) is 7.28. The molecule has 4 fully saturated rings. The zero-order valence-corrected chi connectivity index (χ0v) is 20.4. The van der Waals surface area contributed by atoms with E-state index < -0.39 is 8.32 Å². The maximum atomic E-state index is 13.3. The Labute approximate surface area is 184 Å². The Morgan fingerprint density at radius 2 is 1.67 bits per heavy atom. The van der Waals surface area contributed by atoms with Crippen molar-refractivity contribution in [1.82, 2.24) is 9.80 Å². The number of rotatable bonds is 5. The first-order chi connectivity index (χ1) is 14.3. The van der Waals surface area contributed by atoms with Crippen molar-refractivity contribution >= 4 is 14.2 Å². The highest BCUT2D eigenvalue weighted by atomic mass is 28.4. The molecule has 0 aromatic heterocycles. The molecule has 0 spiro atoms. The number of nitrogens with zero attached hydrogens (tertiary/aromatic N) is 2. The molecule has 2 saturated heterocycles. The molecule has 0 aromatic rings. The number of nitrogens with two attached hydrogens (primary N) is 1. The molecule has 5 nitrogen and oxygen atoms in total. The maximum absolute atomic E-state index is 13.3. The molecule has 2 heterocycles. The average Bonchev–Trinajstić information content (AvgIpc) is 3.13. The first-order valence-corrected chi connectivity index (χ1v) is 15.9. The molecule has 1 amide bonds. The normalized spacial score (nSPS) is 36.7. The summed E-state index contributed by atoms with van der Waals surface area (Å²) in [6.07, 6.45) is 13.2. The Hall–Kier alpha value is -0.433. The summed E-state index contributed by atoms with van der Waals surface area (Å²) in [5.74, 6) is 3.77. The summed E-state index contributed by atoms with van der Waals surface area (Å²) >= 11 is 0. The van der Waals surface area contributed by atoms with E-state index >= 15 is 0 Å².